The highest BCUT2D eigenvalue weighted by Crippen LogP contribution is 2.29. The molecule has 1 aliphatic rings. The van der Waals surface area contributed by atoms with Gasteiger partial charge in [0.1, 0.15) is 6.54 Å². The van der Waals surface area contributed by atoms with E-state index in [0.29, 0.717) is 18.1 Å². The molecular weight excluding hydrogens is 441 g/mol. The highest BCUT2D eigenvalue weighted by atomic mass is 127. The molecular formula is C17H17ClIN3O2. The van der Waals surface area contributed by atoms with Gasteiger partial charge in [0.15, 0.2) is 0 Å². The molecule has 0 bridgehead atoms. The Hall–Kier alpha value is -1.54. The first-order valence-electron chi connectivity index (χ1n) is 7.55. The second kappa shape index (κ2) is 6.76. The van der Waals surface area contributed by atoms with Crippen LogP contribution in [0.2, 0.25) is 5.02 Å². The molecule has 1 N–H and O–H groups in total. The summed E-state index contributed by atoms with van der Waals surface area (Å²) in [4.78, 5) is 25.4. The number of amides is 2. The lowest BCUT2D eigenvalue weighted by molar-refractivity contribution is -0.133. The van der Waals surface area contributed by atoms with E-state index in [4.69, 9.17) is 11.6 Å². The lowest BCUT2D eigenvalue weighted by Crippen LogP contribution is -2.61. The van der Waals surface area contributed by atoms with E-state index in [0.717, 1.165) is 20.2 Å². The van der Waals surface area contributed by atoms with Gasteiger partial charge >= 0.3 is 0 Å². The summed E-state index contributed by atoms with van der Waals surface area (Å²) in [5.41, 5.74) is 2.04. The highest BCUT2D eigenvalue weighted by molar-refractivity contribution is 14.1. The molecule has 7 heteroatoms. The van der Waals surface area contributed by atoms with Crippen molar-refractivity contribution in [1.82, 2.24) is 14.8 Å². The molecule has 1 fully saturated rings. The molecule has 2 heterocycles. The Kier molecular flexibility index (Phi) is 4.87. The molecule has 2 amide bonds. The molecule has 0 atom stereocenters. The Bertz CT molecular complexity index is 840. The van der Waals surface area contributed by atoms with Crippen molar-refractivity contribution in [3.63, 3.8) is 0 Å². The van der Waals surface area contributed by atoms with Crippen molar-refractivity contribution in [3.8, 4) is 0 Å². The van der Waals surface area contributed by atoms with Crippen molar-refractivity contribution in [2.24, 2.45) is 0 Å². The van der Waals surface area contributed by atoms with E-state index in [1.165, 1.54) is 6.08 Å². The number of nitrogens with one attached hydrogen (secondary N) is 1. The molecule has 3 rings (SSSR count). The molecule has 2 aromatic rings. The van der Waals surface area contributed by atoms with Crippen LogP contribution in [-0.2, 0) is 16.1 Å². The van der Waals surface area contributed by atoms with Crippen LogP contribution in [0.1, 0.15) is 5.69 Å². The number of halogens is 2. The summed E-state index contributed by atoms with van der Waals surface area (Å²) >= 11 is 8.35. The molecule has 1 saturated heterocycles. The molecule has 0 radical (unpaired) electrons. The number of carbonyl (C=O) groups excluding carboxylic acids is 2. The van der Waals surface area contributed by atoms with E-state index in [9.17, 15) is 9.59 Å². The third kappa shape index (κ3) is 3.17. The van der Waals surface area contributed by atoms with Gasteiger partial charge in [-0.3, -0.25) is 9.59 Å². The van der Waals surface area contributed by atoms with Crippen molar-refractivity contribution >= 4 is 56.9 Å². The lowest BCUT2D eigenvalue weighted by atomic mass is 10.1. The van der Waals surface area contributed by atoms with Gasteiger partial charge < -0.3 is 14.8 Å². The van der Waals surface area contributed by atoms with Gasteiger partial charge in [-0.15, -0.1) is 0 Å². The van der Waals surface area contributed by atoms with Gasteiger partial charge in [0.25, 0.3) is 0 Å². The van der Waals surface area contributed by atoms with Crippen molar-refractivity contribution in [1.29, 1.82) is 0 Å². The van der Waals surface area contributed by atoms with Gasteiger partial charge in [0.2, 0.25) is 11.8 Å². The fourth-order valence-corrected chi connectivity index (χ4v) is 3.81. The maximum absolute atomic E-state index is 12.3. The lowest BCUT2D eigenvalue weighted by Gasteiger charge is -2.38. The number of likely N-dealkylation sites (tertiary alicyclic amines) is 1. The minimum Gasteiger partial charge on any atom is -0.348 e. The molecule has 126 valence electrons. The Morgan fingerprint density at radius 2 is 2.17 bits per heavy atom. The largest absolute Gasteiger partial charge is 0.348 e. The molecule has 0 saturated carbocycles. The quantitative estimate of drug-likeness (QED) is 0.567. The van der Waals surface area contributed by atoms with Gasteiger partial charge in [-0.05, 0) is 53.8 Å². The molecule has 5 nitrogen and oxygen atoms in total. The zero-order chi connectivity index (χ0) is 17.4. The van der Waals surface area contributed by atoms with E-state index in [-0.39, 0.29) is 24.4 Å². The molecule has 24 heavy (non-hydrogen) atoms. The molecule has 0 aliphatic carbocycles. The van der Waals surface area contributed by atoms with Crippen LogP contribution in [0.15, 0.2) is 30.9 Å². The third-order valence-electron chi connectivity index (χ3n) is 4.24. The average Bonchev–Trinajstić information content (AvgIpc) is 2.74. The molecule has 1 aromatic heterocycles. The zero-order valence-corrected chi connectivity index (χ0v) is 16.1. The number of nitrogens with zero attached hydrogens (tertiary/aromatic N) is 2. The van der Waals surface area contributed by atoms with Crippen molar-refractivity contribution < 1.29 is 9.59 Å². The van der Waals surface area contributed by atoms with Gasteiger partial charge in [0, 0.05) is 38.3 Å². The van der Waals surface area contributed by atoms with E-state index in [1.807, 2.05) is 29.7 Å². The van der Waals surface area contributed by atoms with Crippen LogP contribution >= 0.6 is 34.2 Å². The predicted molar refractivity (Wildman–Crippen MR) is 103 cm³/mol. The topological polar surface area (TPSA) is 54.3 Å². The normalized spacial score (nSPS) is 14.5. The number of benzene rings is 1. The monoisotopic (exact) mass is 457 g/mol. The van der Waals surface area contributed by atoms with Crippen LogP contribution in [0.25, 0.3) is 10.9 Å². The number of hydrogen-bond donors (Lipinski definition) is 1. The number of hydrogen-bond acceptors (Lipinski definition) is 2. The zero-order valence-electron chi connectivity index (χ0n) is 13.2. The molecule has 1 aromatic carbocycles. The highest BCUT2D eigenvalue weighted by Gasteiger charge is 2.30. The number of rotatable bonds is 4. The number of fused-ring (bicyclic) bond motifs is 1. The van der Waals surface area contributed by atoms with E-state index >= 15 is 0 Å². The van der Waals surface area contributed by atoms with E-state index < -0.39 is 0 Å². The Balaban J connectivity index is 1.70. The minimum atomic E-state index is -0.0980. The maximum atomic E-state index is 12.3. The van der Waals surface area contributed by atoms with Crippen LogP contribution < -0.4 is 5.32 Å². The average molecular weight is 458 g/mol. The Labute approximate surface area is 158 Å². The summed E-state index contributed by atoms with van der Waals surface area (Å²) in [6.45, 7) is 6.78. The standard InChI is InChI=1S/C17H17ClIN3O2/c1-3-16(24)21-7-12(8-21)20-15(23)9-22-10(2)17(19)13-6-11(18)4-5-14(13)22/h3-6,12H,1,7-9H2,2H3,(H,20,23). The smallest absolute Gasteiger partial charge is 0.246 e. The first-order valence-corrected chi connectivity index (χ1v) is 9.01. The second-order valence-electron chi connectivity index (χ2n) is 5.86. The van der Waals surface area contributed by atoms with Crippen LogP contribution in [0, 0.1) is 10.5 Å². The van der Waals surface area contributed by atoms with E-state index in [1.54, 1.807) is 4.90 Å². The van der Waals surface area contributed by atoms with Gasteiger partial charge in [0.05, 0.1) is 6.04 Å². The summed E-state index contributed by atoms with van der Waals surface area (Å²) in [6, 6.07) is 5.70. The van der Waals surface area contributed by atoms with Crippen molar-refractivity contribution in [3.05, 3.63) is 45.1 Å². The predicted octanol–water partition coefficient (Wildman–Crippen LogP) is 2.72. The van der Waals surface area contributed by atoms with E-state index in [2.05, 4.69) is 34.5 Å². The summed E-state index contributed by atoms with van der Waals surface area (Å²) in [5, 5.41) is 4.71. The summed E-state index contributed by atoms with van der Waals surface area (Å²) in [6.07, 6.45) is 1.29. The Morgan fingerprint density at radius 1 is 1.46 bits per heavy atom. The number of carbonyl (C=O) groups is 2. The SMILES string of the molecule is C=CC(=O)N1CC(NC(=O)Cn2c(C)c(I)c3cc(Cl)ccc32)C1. The number of aromatic nitrogens is 1. The van der Waals surface area contributed by atoms with Crippen LogP contribution in [-0.4, -0.2) is 40.4 Å². The summed E-state index contributed by atoms with van der Waals surface area (Å²) in [5.74, 6) is -0.156. The van der Waals surface area contributed by atoms with Crippen LogP contribution in [0.4, 0.5) is 0 Å². The molecule has 1 aliphatic heterocycles. The van der Waals surface area contributed by atoms with Crippen molar-refractivity contribution in [2.45, 2.75) is 19.5 Å². The fourth-order valence-electron chi connectivity index (χ4n) is 2.91. The molecule has 0 spiro atoms. The Morgan fingerprint density at radius 3 is 2.83 bits per heavy atom. The minimum absolute atomic E-state index is 0.0112. The third-order valence-corrected chi connectivity index (χ3v) is 5.84. The van der Waals surface area contributed by atoms with Crippen molar-refractivity contribution in [2.75, 3.05) is 13.1 Å². The van der Waals surface area contributed by atoms with Crippen LogP contribution in [0.3, 0.4) is 0 Å². The second-order valence-corrected chi connectivity index (χ2v) is 7.37. The van der Waals surface area contributed by atoms with Crippen LogP contribution in [0.5, 0.6) is 0 Å². The molecule has 0 unspecified atom stereocenters. The summed E-state index contributed by atoms with van der Waals surface area (Å²) < 4.78 is 3.10. The van der Waals surface area contributed by atoms with Gasteiger partial charge in [-0.2, -0.15) is 0 Å². The fraction of sp³-hybridized carbons (Fsp3) is 0.294. The summed E-state index contributed by atoms with van der Waals surface area (Å²) in [7, 11) is 0. The van der Waals surface area contributed by atoms with Gasteiger partial charge in [-0.1, -0.05) is 18.2 Å². The first kappa shape index (κ1) is 17.3. The first-order chi connectivity index (χ1) is 11.4. The van der Waals surface area contributed by atoms with Gasteiger partial charge in [-0.25, -0.2) is 0 Å². The maximum Gasteiger partial charge on any atom is 0.246 e.